The topological polar surface area (TPSA) is 16.4 Å². The van der Waals surface area contributed by atoms with E-state index < -0.39 is 6.04 Å². The molecule has 10 rings (SSSR count). The molecule has 0 spiro atoms. The van der Waals surface area contributed by atoms with Gasteiger partial charge < -0.3 is 9.32 Å². The summed E-state index contributed by atoms with van der Waals surface area (Å²) >= 11 is 0. The molecule has 1 heterocycles. The largest absolute Gasteiger partial charge is 0.455 e. The molecule has 0 aliphatic heterocycles. The fourth-order valence-electron chi connectivity index (χ4n) is 7.71. The summed E-state index contributed by atoms with van der Waals surface area (Å²) in [5, 5.41) is 2.09. The van der Waals surface area contributed by atoms with Crippen LogP contribution in [0.2, 0.25) is 0 Å². The van der Waals surface area contributed by atoms with Crippen LogP contribution in [0.3, 0.4) is 0 Å². The number of nitrogens with zero attached hydrogens (tertiary/aromatic N) is 1. The molecule has 2 nitrogen and oxygen atoms in total. The van der Waals surface area contributed by atoms with Gasteiger partial charge in [-0.1, -0.05) is 182 Å². The predicted molar refractivity (Wildman–Crippen MR) is 236 cm³/mol. The second kappa shape index (κ2) is 14.4. The lowest BCUT2D eigenvalue weighted by atomic mass is 9.91. The highest BCUT2D eigenvalue weighted by Crippen LogP contribution is 2.45. The van der Waals surface area contributed by atoms with E-state index >= 15 is 0 Å². The normalized spacial score (nSPS) is 12.5. The second-order valence-electron chi connectivity index (χ2n) is 13.7. The number of rotatable bonds is 8. The first-order valence-corrected chi connectivity index (χ1v) is 18.7. The van der Waals surface area contributed by atoms with Crippen molar-refractivity contribution >= 4 is 39.0 Å². The molecule has 0 unspecified atom stereocenters. The fraction of sp³-hybridized carbons (Fsp3) is 0. The quantitative estimate of drug-likeness (QED) is 0.155. The van der Waals surface area contributed by atoms with Gasteiger partial charge in [-0.05, 0) is 87.0 Å². The Labute approximate surface area is 334 Å². The first-order valence-electron chi connectivity index (χ1n) is 21.2. The third kappa shape index (κ3) is 6.14. The minimum absolute atomic E-state index is 0.165. The van der Waals surface area contributed by atoms with Gasteiger partial charge in [-0.3, -0.25) is 0 Å². The molecule has 0 bridgehead atoms. The summed E-state index contributed by atoms with van der Waals surface area (Å²) in [4.78, 5) is 2.19. The molecular formula is C54H37NO. The summed E-state index contributed by atoms with van der Waals surface area (Å²) in [5.41, 5.74) is 13.7. The van der Waals surface area contributed by atoms with Crippen molar-refractivity contribution in [3.63, 3.8) is 0 Å². The van der Waals surface area contributed by atoms with Gasteiger partial charge in [0.25, 0.3) is 0 Å². The first kappa shape index (κ1) is 28.1. The summed E-state index contributed by atoms with van der Waals surface area (Å²) < 4.78 is 48.5. The lowest BCUT2D eigenvalue weighted by molar-refractivity contribution is 0.670. The van der Waals surface area contributed by atoms with Gasteiger partial charge in [0.05, 0.1) is 12.5 Å². The highest BCUT2D eigenvalue weighted by molar-refractivity contribution is 6.10. The van der Waals surface area contributed by atoms with Crippen molar-refractivity contribution in [3.05, 3.63) is 224 Å². The van der Waals surface area contributed by atoms with Crippen LogP contribution in [0.4, 0.5) is 17.1 Å². The van der Waals surface area contributed by atoms with Crippen molar-refractivity contribution in [1.29, 1.82) is 0 Å². The molecule has 0 saturated carbocycles. The molecule has 0 amide bonds. The molecule has 0 N–H and O–H groups in total. The smallest absolute Gasteiger partial charge is 0.143 e. The van der Waals surface area contributed by atoms with E-state index in [2.05, 4.69) is 132 Å². The number of anilines is 3. The predicted octanol–water partition coefficient (Wildman–Crippen LogP) is 15.4. The van der Waals surface area contributed by atoms with Crippen LogP contribution in [0.15, 0.2) is 229 Å². The first-order chi connectivity index (χ1) is 29.9. The molecule has 56 heavy (non-hydrogen) atoms. The van der Waals surface area contributed by atoms with Gasteiger partial charge in [0.1, 0.15) is 11.2 Å². The summed E-state index contributed by atoms with van der Waals surface area (Å²) in [6.45, 7) is 0. The lowest BCUT2D eigenvalue weighted by Gasteiger charge is -2.28. The minimum Gasteiger partial charge on any atom is -0.455 e. The van der Waals surface area contributed by atoms with E-state index in [1.807, 2.05) is 66.7 Å². The van der Waals surface area contributed by atoms with Crippen molar-refractivity contribution in [2.75, 3.05) is 4.90 Å². The standard InChI is InChI=1S/C54H37NO/c1-4-15-38(16-5-1)39-27-32-44(33-28-39)55(52-25-12-10-21-47(52)49-23-14-24-50-48-22-11-13-26-53(48)56-54(49)50)45-34-29-40(30-35-45)43-31-36-46(41-17-6-2-7-18-41)51(37-43)42-19-8-3-9-20-42/h1-37H/i1D,4D,5D,15D,16D. The van der Waals surface area contributed by atoms with Crippen LogP contribution >= 0.6 is 0 Å². The number of hydrogen-bond donors (Lipinski definition) is 0. The van der Waals surface area contributed by atoms with Crippen LogP contribution in [0.5, 0.6) is 0 Å². The van der Waals surface area contributed by atoms with Crippen LogP contribution < -0.4 is 4.90 Å². The van der Waals surface area contributed by atoms with Gasteiger partial charge in [-0.25, -0.2) is 0 Å². The minimum atomic E-state index is -0.413. The molecule has 264 valence electrons. The Hall–Kier alpha value is -7.42. The maximum Gasteiger partial charge on any atom is 0.143 e. The molecule has 9 aromatic carbocycles. The van der Waals surface area contributed by atoms with Crippen LogP contribution in [-0.4, -0.2) is 0 Å². The molecule has 0 aliphatic carbocycles. The highest BCUT2D eigenvalue weighted by Gasteiger charge is 2.21. The zero-order valence-corrected chi connectivity index (χ0v) is 30.3. The van der Waals surface area contributed by atoms with E-state index in [0.29, 0.717) is 5.56 Å². The average molecular weight is 721 g/mol. The van der Waals surface area contributed by atoms with Crippen LogP contribution in [0, 0.1) is 0 Å². The van der Waals surface area contributed by atoms with Gasteiger partial charge in [0.2, 0.25) is 0 Å². The zero-order valence-electron chi connectivity index (χ0n) is 35.3. The summed E-state index contributed by atoms with van der Waals surface area (Å²) in [6, 6.07) is 64.7. The lowest BCUT2D eigenvalue weighted by Crippen LogP contribution is -2.11. The Kier molecular flexibility index (Phi) is 7.24. The van der Waals surface area contributed by atoms with E-state index in [-0.39, 0.29) is 29.7 Å². The number of hydrogen-bond acceptors (Lipinski definition) is 2. The molecule has 0 aliphatic rings. The Morgan fingerprint density at radius 3 is 1.62 bits per heavy atom. The van der Waals surface area contributed by atoms with E-state index in [1.165, 1.54) is 5.56 Å². The molecule has 10 aromatic rings. The maximum atomic E-state index is 8.63. The highest BCUT2D eigenvalue weighted by atomic mass is 16.3. The van der Waals surface area contributed by atoms with Crippen molar-refractivity contribution in [1.82, 2.24) is 0 Å². The number of benzene rings is 9. The van der Waals surface area contributed by atoms with Gasteiger partial charge in [-0.15, -0.1) is 0 Å². The summed E-state index contributed by atoms with van der Waals surface area (Å²) in [5.74, 6) is 0. The summed E-state index contributed by atoms with van der Waals surface area (Å²) in [6.07, 6.45) is 0. The molecule has 0 saturated heterocycles. The van der Waals surface area contributed by atoms with Crippen molar-refractivity contribution in [2.24, 2.45) is 0 Å². The average Bonchev–Trinajstić information content (AvgIpc) is 3.71. The van der Waals surface area contributed by atoms with E-state index in [1.54, 1.807) is 0 Å². The number of furan rings is 1. The SMILES string of the molecule is [2H]c1c([2H])c([2H])c(-c2ccc(N(c3ccc(-c4ccc(-c5ccccc5)c(-c5ccccc5)c4)cc3)c3ccccc3-c3cccc4c3oc3ccccc34)cc2)c([2H])c1[2H]. The van der Waals surface area contributed by atoms with Crippen molar-refractivity contribution < 1.29 is 11.3 Å². The molecule has 2 heteroatoms. The summed E-state index contributed by atoms with van der Waals surface area (Å²) in [7, 11) is 0. The fourth-order valence-corrected chi connectivity index (χ4v) is 7.71. The Balaban J connectivity index is 1.12. The van der Waals surface area contributed by atoms with Crippen LogP contribution in [0.1, 0.15) is 6.85 Å². The van der Waals surface area contributed by atoms with Crippen LogP contribution in [0.25, 0.3) is 77.6 Å². The molecule has 0 radical (unpaired) electrons. The van der Waals surface area contributed by atoms with Gasteiger partial charge in [0.15, 0.2) is 0 Å². The van der Waals surface area contributed by atoms with Gasteiger partial charge in [0, 0.05) is 33.3 Å². The third-order valence-corrected chi connectivity index (χ3v) is 10.4. The van der Waals surface area contributed by atoms with Crippen LogP contribution in [-0.2, 0) is 0 Å². The van der Waals surface area contributed by atoms with E-state index in [0.717, 1.165) is 77.9 Å². The van der Waals surface area contributed by atoms with Gasteiger partial charge >= 0.3 is 0 Å². The molecule has 0 atom stereocenters. The Bertz CT molecular complexity index is 3210. The maximum absolute atomic E-state index is 8.63. The molecule has 0 fully saturated rings. The van der Waals surface area contributed by atoms with E-state index in [4.69, 9.17) is 11.3 Å². The van der Waals surface area contributed by atoms with Crippen molar-refractivity contribution in [2.45, 2.75) is 0 Å². The Morgan fingerprint density at radius 1 is 0.357 bits per heavy atom. The molecule has 1 aromatic heterocycles. The number of para-hydroxylation sites is 3. The third-order valence-electron chi connectivity index (χ3n) is 10.4. The Morgan fingerprint density at radius 2 is 0.911 bits per heavy atom. The van der Waals surface area contributed by atoms with Gasteiger partial charge in [-0.2, -0.15) is 0 Å². The van der Waals surface area contributed by atoms with Crippen molar-refractivity contribution in [3.8, 4) is 55.6 Å². The second-order valence-corrected chi connectivity index (χ2v) is 13.7. The molecular weight excluding hydrogens is 679 g/mol. The number of fused-ring (bicyclic) bond motifs is 3. The monoisotopic (exact) mass is 720 g/mol. The van der Waals surface area contributed by atoms with E-state index in [9.17, 15) is 0 Å². The zero-order chi connectivity index (χ0) is 41.6.